The maximum Gasteiger partial charge on any atom is 0.273 e. The van der Waals surface area contributed by atoms with E-state index in [4.69, 9.17) is 11.6 Å². The van der Waals surface area contributed by atoms with Crippen molar-refractivity contribution in [1.29, 1.82) is 0 Å². The Morgan fingerprint density at radius 1 is 0.815 bits per heavy atom. The Morgan fingerprint density at radius 2 is 1.44 bits per heavy atom. The monoisotopic (exact) mass is 373 g/mol. The molecule has 0 saturated heterocycles. The number of amides is 1. The molecule has 0 aliphatic rings. The molecule has 2 N–H and O–H groups in total. The Balaban J connectivity index is 1.47. The van der Waals surface area contributed by atoms with Gasteiger partial charge >= 0.3 is 0 Å². The third kappa shape index (κ3) is 3.91. The molecule has 27 heavy (non-hydrogen) atoms. The molecule has 1 heterocycles. The summed E-state index contributed by atoms with van der Waals surface area (Å²) in [6, 6.07) is 26.9. The topological polar surface area (TPSA) is 57.8 Å². The second kappa shape index (κ2) is 7.48. The van der Waals surface area contributed by atoms with Gasteiger partial charge in [0.1, 0.15) is 5.69 Å². The molecule has 0 aliphatic carbocycles. The highest BCUT2D eigenvalue weighted by Gasteiger charge is 2.11. The summed E-state index contributed by atoms with van der Waals surface area (Å²) in [5, 5.41) is 10.5. The average molecular weight is 374 g/mol. The Kier molecular flexibility index (Phi) is 4.73. The van der Waals surface area contributed by atoms with E-state index in [1.807, 2.05) is 54.6 Å². The molecule has 1 aromatic heterocycles. The van der Waals surface area contributed by atoms with Gasteiger partial charge in [-0.15, -0.1) is 0 Å². The van der Waals surface area contributed by atoms with Crippen molar-refractivity contribution in [3.05, 3.63) is 95.6 Å². The predicted octanol–water partition coefficient (Wildman–Crippen LogP) is 5.65. The highest BCUT2D eigenvalue weighted by molar-refractivity contribution is 6.30. The van der Waals surface area contributed by atoms with Crippen molar-refractivity contribution in [2.45, 2.75) is 0 Å². The molecule has 0 bridgehead atoms. The van der Waals surface area contributed by atoms with Gasteiger partial charge in [-0.05, 0) is 41.5 Å². The molecule has 132 valence electrons. The maximum atomic E-state index is 12.5. The molecule has 5 heteroatoms. The maximum absolute atomic E-state index is 12.5. The summed E-state index contributed by atoms with van der Waals surface area (Å²) >= 11 is 5.90. The number of anilines is 1. The molecule has 4 aromatic rings. The molecule has 0 radical (unpaired) electrons. The highest BCUT2D eigenvalue weighted by atomic mass is 35.5. The van der Waals surface area contributed by atoms with Crippen LogP contribution in [0.25, 0.3) is 22.4 Å². The molecule has 4 rings (SSSR count). The summed E-state index contributed by atoms with van der Waals surface area (Å²) in [4.78, 5) is 12.5. The van der Waals surface area contributed by atoms with Gasteiger partial charge in [0.2, 0.25) is 0 Å². The van der Waals surface area contributed by atoms with Gasteiger partial charge in [0, 0.05) is 16.3 Å². The number of hydrogen-bond donors (Lipinski definition) is 2. The van der Waals surface area contributed by atoms with E-state index in [2.05, 4.69) is 27.6 Å². The number of hydrogen-bond acceptors (Lipinski definition) is 2. The molecule has 0 fully saturated rings. The molecular formula is C22H16ClN3O. The second-order valence-corrected chi connectivity index (χ2v) is 6.51. The fraction of sp³-hybridized carbons (Fsp3) is 0. The lowest BCUT2D eigenvalue weighted by molar-refractivity contribution is 0.102. The zero-order valence-electron chi connectivity index (χ0n) is 14.3. The van der Waals surface area contributed by atoms with Crippen LogP contribution in [-0.4, -0.2) is 16.1 Å². The summed E-state index contributed by atoms with van der Waals surface area (Å²) in [7, 11) is 0. The first kappa shape index (κ1) is 17.1. The second-order valence-electron chi connectivity index (χ2n) is 6.07. The van der Waals surface area contributed by atoms with Crippen LogP contribution in [0.15, 0.2) is 84.9 Å². The smallest absolute Gasteiger partial charge is 0.273 e. The van der Waals surface area contributed by atoms with Crippen LogP contribution in [0.3, 0.4) is 0 Å². The number of aromatic amines is 1. The Labute approximate surface area is 161 Å². The first-order valence-corrected chi connectivity index (χ1v) is 8.85. The fourth-order valence-electron chi connectivity index (χ4n) is 2.78. The predicted molar refractivity (Wildman–Crippen MR) is 109 cm³/mol. The molecule has 3 aromatic carbocycles. The number of halogens is 1. The number of aromatic nitrogens is 2. The van der Waals surface area contributed by atoms with Gasteiger partial charge in [-0.1, -0.05) is 66.2 Å². The number of rotatable bonds is 4. The summed E-state index contributed by atoms with van der Waals surface area (Å²) in [5.74, 6) is -0.241. The SMILES string of the molecule is O=C(Nc1ccc(-c2ccccc2)cc1)c1cc(-c2ccc(Cl)cc2)n[nH]1. The van der Waals surface area contributed by atoms with E-state index in [1.54, 1.807) is 18.2 Å². The van der Waals surface area contributed by atoms with Crippen LogP contribution in [0.1, 0.15) is 10.5 Å². The minimum Gasteiger partial charge on any atom is -0.321 e. The van der Waals surface area contributed by atoms with Crippen molar-refractivity contribution in [3.63, 3.8) is 0 Å². The zero-order valence-corrected chi connectivity index (χ0v) is 15.1. The molecule has 0 spiro atoms. The molecule has 0 aliphatic heterocycles. The highest BCUT2D eigenvalue weighted by Crippen LogP contribution is 2.22. The first-order chi connectivity index (χ1) is 13.2. The number of nitrogens with one attached hydrogen (secondary N) is 2. The van der Waals surface area contributed by atoms with Gasteiger partial charge in [-0.2, -0.15) is 5.10 Å². The lowest BCUT2D eigenvalue weighted by Gasteiger charge is -2.05. The zero-order chi connectivity index (χ0) is 18.6. The summed E-state index contributed by atoms with van der Waals surface area (Å²) in [5.41, 5.74) is 4.93. The van der Waals surface area contributed by atoms with E-state index in [1.165, 1.54) is 0 Å². The van der Waals surface area contributed by atoms with Crippen molar-refractivity contribution in [2.24, 2.45) is 0 Å². The molecule has 4 nitrogen and oxygen atoms in total. The first-order valence-electron chi connectivity index (χ1n) is 8.47. The fourth-order valence-corrected chi connectivity index (χ4v) is 2.91. The molecular weight excluding hydrogens is 358 g/mol. The van der Waals surface area contributed by atoms with Gasteiger partial charge in [0.05, 0.1) is 5.69 Å². The number of benzene rings is 3. The van der Waals surface area contributed by atoms with Gasteiger partial charge in [0.15, 0.2) is 0 Å². The van der Waals surface area contributed by atoms with E-state index >= 15 is 0 Å². The molecule has 1 amide bonds. The van der Waals surface area contributed by atoms with Crippen LogP contribution in [0.5, 0.6) is 0 Å². The number of carbonyl (C=O) groups is 1. The van der Waals surface area contributed by atoms with Crippen molar-refractivity contribution in [2.75, 3.05) is 5.32 Å². The van der Waals surface area contributed by atoms with Gasteiger partial charge in [-0.25, -0.2) is 0 Å². The molecule has 0 atom stereocenters. The largest absolute Gasteiger partial charge is 0.321 e. The van der Waals surface area contributed by atoms with Crippen LogP contribution < -0.4 is 5.32 Å². The Bertz CT molecular complexity index is 1050. The third-order valence-electron chi connectivity index (χ3n) is 4.21. The van der Waals surface area contributed by atoms with Crippen molar-refractivity contribution < 1.29 is 4.79 Å². The third-order valence-corrected chi connectivity index (χ3v) is 4.46. The van der Waals surface area contributed by atoms with Gasteiger partial charge in [0.25, 0.3) is 5.91 Å². The quantitative estimate of drug-likeness (QED) is 0.485. The van der Waals surface area contributed by atoms with Crippen LogP contribution in [0.4, 0.5) is 5.69 Å². The van der Waals surface area contributed by atoms with E-state index < -0.39 is 0 Å². The van der Waals surface area contributed by atoms with Gasteiger partial charge < -0.3 is 5.32 Å². The Hall–Kier alpha value is -3.37. The van der Waals surface area contributed by atoms with Crippen LogP contribution in [-0.2, 0) is 0 Å². The minimum absolute atomic E-state index is 0.241. The average Bonchev–Trinajstić information content (AvgIpc) is 3.20. The van der Waals surface area contributed by atoms with E-state index in [0.29, 0.717) is 16.4 Å². The Morgan fingerprint density at radius 3 is 2.15 bits per heavy atom. The van der Waals surface area contributed by atoms with Crippen molar-refractivity contribution in [1.82, 2.24) is 10.2 Å². The molecule has 0 unspecified atom stereocenters. The van der Waals surface area contributed by atoms with Gasteiger partial charge in [-0.3, -0.25) is 9.89 Å². The number of H-pyrrole nitrogens is 1. The van der Waals surface area contributed by atoms with Crippen LogP contribution in [0.2, 0.25) is 5.02 Å². The summed E-state index contributed by atoms with van der Waals surface area (Å²) in [6.07, 6.45) is 0. The molecule has 0 saturated carbocycles. The van der Waals surface area contributed by atoms with Crippen LogP contribution >= 0.6 is 11.6 Å². The lowest BCUT2D eigenvalue weighted by atomic mass is 10.1. The van der Waals surface area contributed by atoms with E-state index in [0.717, 1.165) is 22.4 Å². The standard InChI is InChI=1S/C22H16ClN3O/c23-18-10-6-17(7-11-18)20-14-21(26-25-20)22(27)24-19-12-8-16(9-13-19)15-4-2-1-3-5-15/h1-14H,(H,24,27)(H,25,26). The summed E-state index contributed by atoms with van der Waals surface area (Å²) in [6.45, 7) is 0. The normalized spacial score (nSPS) is 10.6. The van der Waals surface area contributed by atoms with Crippen molar-refractivity contribution >= 4 is 23.2 Å². The minimum atomic E-state index is -0.241. The van der Waals surface area contributed by atoms with Crippen LogP contribution in [0, 0.1) is 0 Å². The van der Waals surface area contributed by atoms with Crippen molar-refractivity contribution in [3.8, 4) is 22.4 Å². The van der Waals surface area contributed by atoms with E-state index in [-0.39, 0.29) is 5.91 Å². The summed E-state index contributed by atoms with van der Waals surface area (Å²) < 4.78 is 0. The lowest BCUT2D eigenvalue weighted by Crippen LogP contribution is -2.12. The number of carbonyl (C=O) groups excluding carboxylic acids is 1. The number of nitrogens with zero attached hydrogens (tertiary/aromatic N) is 1. The van der Waals surface area contributed by atoms with E-state index in [9.17, 15) is 4.79 Å².